The van der Waals surface area contributed by atoms with Gasteiger partial charge in [-0.25, -0.2) is 0 Å². The molecule has 0 aliphatic carbocycles. The van der Waals surface area contributed by atoms with Gasteiger partial charge >= 0.3 is 0 Å². The minimum absolute atomic E-state index is 0.0682. The number of benzene rings is 2. The molecule has 0 bridgehead atoms. The number of rotatable bonds is 7. The Kier molecular flexibility index (Phi) is 5.34. The minimum atomic E-state index is -0.0682. The first kappa shape index (κ1) is 18.2. The van der Waals surface area contributed by atoms with Crippen LogP contribution in [0.4, 0.5) is 0 Å². The van der Waals surface area contributed by atoms with Gasteiger partial charge in [-0.3, -0.25) is 4.57 Å². The predicted octanol–water partition coefficient (Wildman–Crippen LogP) is 5.03. The van der Waals surface area contributed by atoms with Gasteiger partial charge in [-0.05, 0) is 19.1 Å². The summed E-state index contributed by atoms with van der Waals surface area (Å²) in [5.74, 6) is 1.88. The van der Waals surface area contributed by atoms with E-state index in [9.17, 15) is 0 Å². The van der Waals surface area contributed by atoms with Gasteiger partial charge in [-0.2, -0.15) is 0 Å². The van der Waals surface area contributed by atoms with Gasteiger partial charge in [0.2, 0.25) is 11.8 Å². The van der Waals surface area contributed by atoms with E-state index < -0.39 is 0 Å². The molecule has 4 rings (SSSR count). The third-order valence-corrected chi connectivity index (χ3v) is 5.22. The van der Waals surface area contributed by atoms with Crippen LogP contribution in [0.3, 0.4) is 0 Å². The van der Waals surface area contributed by atoms with Gasteiger partial charge in [0, 0.05) is 17.7 Å². The first-order valence-electron chi connectivity index (χ1n) is 8.91. The van der Waals surface area contributed by atoms with Crippen LogP contribution >= 0.6 is 11.8 Å². The number of allylic oxidation sites excluding steroid dienone is 1. The molecule has 28 heavy (non-hydrogen) atoms. The Bertz CT molecular complexity index is 1060. The van der Waals surface area contributed by atoms with E-state index in [4.69, 9.17) is 4.42 Å². The van der Waals surface area contributed by atoms with Crippen LogP contribution in [0.2, 0.25) is 0 Å². The van der Waals surface area contributed by atoms with Gasteiger partial charge in [0.05, 0.1) is 5.25 Å². The van der Waals surface area contributed by atoms with Crippen LogP contribution in [0.1, 0.15) is 18.1 Å². The number of hydrogen-bond acceptors (Lipinski definition) is 6. The predicted molar refractivity (Wildman–Crippen MR) is 110 cm³/mol. The van der Waals surface area contributed by atoms with Crippen LogP contribution in [0.15, 0.2) is 82.9 Å². The van der Waals surface area contributed by atoms with Crippen LogP contribution < -0.4 is 0 Å². The molecule has 0 amide bonds. The highest BCUT2D eigenvalue weighted by Gasteiger charge is 2.21. The van der Waals surface area contributed by atoms with Gasteiger partial charge in [0.1, 0.15) is 0 Å². The van der Waals surface area contributed by atoms with Crippen LogP contribution in [0.5, 0.6) is 0 Å². The Morgan fingerprint density at radius 3 is 2.32 bits per heavy atom. The van der Waals surface area contributed by atoms with E-state index in [0.717, 1.165) is 22.1 Å². The highest BCUT2D eigenvalue weighted by molar-refractivity contribution is 7.99. The van der Waals surface area contributed by atoms with E-state index in [2.05, 4.69) is 27.0 Å². The zero-order valence-electron chi connectivity index (χ0n) is 15.4. The lowest BCUT2D eigenvalue weighted by atomic mass is 10.2. The van der Waals surface area contributed by atoms with E-state index >= 15 is 0 Å². The number of aromatic nitrogens is 5. The zero-order valence-corrected chi connectivity index (χ0v) is 16.2. The number of nitrogens with zero attached hydrogens (tertiary/aromatic N) is 5. The normalized spacial score (nSPS) is 12.0. The first-order chi connectivity index (χ1) is 13.8. The van der Waals surface area contributed by atoms with Crippen LogP contribution in [-0.2, 0) is 6.54 Å². The standard InChI is InChI=1S/C21H19N5OS/c1-3-14-26-18(16-10-6-4-7-11-16)22-25-21(26)28-15(2)19-23-24-20(27-19)17-12-8-5-9-13-17/h3-13,15H,1,14H2,2H3. The minimum Gasteiger partial charge on any atom is -0.419 e. The van der Waals surface area contributed by atoms with Crippen LogP contribution in [0.25, 0.3) is 22.8 Å². The lowest BCUT2D eigenvalue weighted by Gasteiger charge is -2.09. The number of hydrogen-bond donors (Lipinski definition) is 0. The van der Waals surface area contributed by atoms with Crippen LogP contribution in [-0.4, -0.2) is 25.0 Å². The zero-order chi connectivity index (χ0) is 19.3. The van der Waals surface area contributed by atoms with Crippen molar-refractivity contribution in [3.63, 3.8) is 0 Å². The molecule has 0 saturated heterocycles. The maximum atomic E-state index is 5.87. The van der Waals surface area contributed by atoms with Crippen molar-refractivity contribution in [3.8, 4) is 22.8 Å². The maximum Gasteiger partial charge on any atom is 0.247 e. The lowest BCUT2D eigenvalue weighted by Crippen LogP contribution is -2.01. The van der Waals surface area contributed by atoms with Crippen molar-refractivity contribution in [1.29, 1.82) is 0 Å². The van der Waals surface area contributed by atoms with Crippen molar-refractivity contribution in [2.75, 3.05) is 0 Å². The summed E-state index contributed by atoms with van der Waals surface area (Å²) < 4.78 is 7.91. The lowest BCUT2D eigenvalue weighted by molar-refractivity contribution is 0.508. The quantitative estimate of drug-likeness (QED) is 0.326. The fraction of sp³-hybridized carbons (Fsp3) is 0.143. The molecule has 6 nitrogen and oxygen atoms in total. The second-order valence-electron chi connectivity index (χ2n) is 6.14. The van der Waals surface area contributed by atoms with E-state index in [-0.39, 0.29) is 5.25 Å². The molecule has 2 aromatic heterocycles. The SMILES string of the molecule is C=CCn1c(SC(C)c2nnc(-c3ccccc3)o2)nnc1-c1ccccc1. The molecule has 0 aliphatic rings. The molecule has 0 fully saturated rings. The first-order valence-corrected chi connectivity index (χ1v) is 9.79. The molecule has 7 heteroatoms. The van der Waals surface area contributed by atoms with Crippen molar-refractivity contribution in [1.82, 2.24) is 25.0 Å². The highest BCUT2D eigenvalue weighted by Crippen LogP contribution is 2.35. The Morgan fingerprint density at radius 1 is 0.964 bits per heavy atom. The molecule has 140 valence electrons. The highest BCUT2D eigenvalue weighted by atomic mass is 32.2. The third kappa shape index (κ3) is 3.75. The summed E-state index contributed by atoms with van der Waals surface area (Å²) in [5.41, 5.74) is 1.92. The molecule has 0 radical (unpaired) electrons. The van der Waals surface area contributed by atoms with E-state index in [1.165, 1.54) is 11.8 Å². The van der Waals surface area contributed by atoms with E-state index in [1.807, 2.05) is 78.2 Å². The van der Waals surface area contributed by atoms with E-state index in [0.29, 0.717) is 18.3 Å². The summed E-state index contributed by atoms with van der Waals surface area (Å²) in [5, 5.41) is 17.9. The van der Waals surface area contributed by atoms with Crippen molar-refractivity contribution in [2.24, 2.45) is 0 Å². The van der Waals surface area contributed by atoms with Crippen LogP contribution in [0, 0.1) is 0 Å². The molecule has 0 spiro atoms. The fourth-order valence-corrected chi connectivity index (χ4v) is 3.66. The summed E-state index contributed by atoms with van der Waals surface area (Å²) in [6, 6.07) is 19.7. The monoisotopic (exact) mass is 389 g/mol. The second-order valence-corrected chi connectivity index (χ2v) is 7.45. The smallest absolute Gasteiger partial charge is 0.247 e. The summed E-state index contributed by atoms with van der Waals surface area (Å²) in [7, 11) is 0. The van der Waals surface area contributed by atoms with Gasteiger partial charge in [-0.1, -0.05) is 66.4 Å². The maximum absolute atomic E-state index is 5.87. The summed E-state index contributed by atoms with van der Waals surface area (Å²) in [6.07, 6.45) is 1.84. The topological polar surface area (TPSA) is 69.6 Å². The Hall–Kier alpha value is -3.19. The van der Waals surface area contributed by atoms with Gasteiger partial charge < -0.3 is 4.42 Å². The summed E-state index contributed by atoms with van der Waals surface area (Å²) in [4.78, 5) is 0. The van der Waals surface area contributed by atoms with Crippen molar-refractivity contribution in [3.05, 3.63) is 79.2 Å². The summed E-state index contributed by atoms with van der Waals surface area (Å²) >= 11 is 1.53. The molecular formula is C21H19N5OS. The largest absolute Gasteiger partial charge is 0.419 e. The molecule has 0 aliphatic heterocycles. The Labute approximate surface area is 167 Å². The third-order valence-electron chi connectivity index (χ3n) is 4.15. The molecular weight excluding hydrogens is 370 g/mol. The molecule has 2 aromatic carbocycles. The van der Waals surface area contributed by atoms with E-state index in [1.54, 1.807) is 0 Å². The number of thioether (sulfide) groups is 1. The summed E-state index contributed by atoms with van der Waals surface area (Å²) in [6.45, 7) is 6.49. The van der Waals surface area contributed by atoms with Crippen molar-refractivity contribution in [2.45, 2.75) is 23.9 Å². The van der Waals surface area contributed by atoms with Gasteiger partial charge in [-0.15, -0.1) is 27.0 Å². The molecule has 4 aromatic rings. The molecule has 2 heterocycles. The average molecular weight is 389 g/mol. The van der Waals surface area contributed by atoms with Crippen molar-refractivity contribution >= 4 is 11.8 Å². The Balaban J connectivity index is 1.58. The van der Waals surface area contributed by atoms with Gasteiger partial charge in [0.25, 0.3) is 0 Å². The van der Waals surface area contributed by atoms with Crippen molar-refractivity contribution < 1.29 is 4.42 Å². The Morgan fingerprint density at radius 2 is 1.64 bits per heavy atom. The second kappa shape index (κ2) is 8.22. The molecule has 1 unspecified atom stereocenters. The molecule has 0 N–H and O–H groups in total. The molecule has 1 atom stereocenters. The van der Waals surface area contributed by atoms with Gasteiger partial charge in [0.15, 0.2) is 11.0 Å². The fourth-order valence-electron chi connectivity index (χ4n) is 2.78. The molecule has 0 saturated carbocycles. The average Bonchev–Trinajstić information content (AvgIpc) is 3.38.